The van der Waals surface area contributed by atoms with E-state index in [1.54, 1.807) is 18.2 Å². The average molecular weight is 405 g/mol. The fourth-order valence-corrected chi connectivity index (χ4v) is 3.03. The predicted octanol–water partition coefficient (Wildman–Crippen LogP) is 5.47. The fraction of sp³-hybridized carbons (Fsp3) is 0.333. The lowest BCUT2D eigenvalue weighted by atomic mass is 9.86. The van der Waals surface area contributed by atoms with Crippen molar-refractivity contribution in [2.24, 2.45) is 0 Å². The molecule has 0 heterocycles. The molecule has 2 aromatic carbocycles. The summed E-state index contributed by atoms with van der Waals surface area (Å²) in [5.41, 5.74) is 3.48. The Balaban J connectivity index is 2.06. The predicted molar refractivity (Wildman–Crippen MR) is 116 cm³/mol. The van der Waals surface area contributed by atoms with Crippen LogP contribution in [0.3, 0.4) is 0 Å². The third-order valence-electron chi connectivity index (χ3n) is 4.26. The Morgan fingerprint density at radius 2 is 1.78 bits per heavy atom. The molecule has 0 fully saturated rings. The van der Waals surface area contributed by atoms with E-state index in [2.05, 4.69) is 55.7 Å². The number of benzene rings is 2. The van der Waals surface area contributed by atoms with Gasteiger partial charge in [0, 0.05) is 0 Å². The monoisotopic (exact) mass is 404 g/mol. The molecule has 0 amide bonds. The molecule has 1 atom stereocenters. The minimum absolute atomic E-state index is 0.0154. The van der Waals surface area contributed by atoms with E-state index in [0.29, 0.717) is 21.4 Å². The molecular formula is C21H25ClN2O2S. The molecule has 2 aromatic rings. The van der Waals surface area contributed by atoms with Crippen LogP contribution in [-0.2, 0) is 10.2 Å². The molecule has 0 radical (unpaired) electrons. The third-order valence-corrected chi connectivity index (χ3v) is 4.81. The van der Waals surface area contributed by atoms with Gasteiger partial charge in [-0.05, 0) is 53.9 Å². The summed E-state index contributed by atoms with van der Waals surface area (Å²) < 4.78 is 4.73. The number of nitrogens with one attached hydrogen (secondary N) is 2. The summed E-state index contributed by atoms with van der Waals surface area (Å²) in [4.78, 5) is 11.7. The standard InChI is InChI=1S/C21H25ClN2O2S/c1-13(14-6-9-16(10-7-14)21(2,3)4)23-20(27)24-18-12-15(19(25)26-5)8-11-17(18)22/h6-13H,1-5H3,(H2,23,24,27)/t13-/m0/s1. The lowest BCUT2D eigenvalue weighted by Crippen LogP contribution is -2.31. The second kappa shape index (κ2) is 8.72. The number of thiocarbonyl (C=S) groups is 1. The first-order chi connectivity index (χ1) is 12.6. The average Bonchev–Trinajstić information content (AvgIpc) is 2.62. The Hall–Kier alpha value is -2.11. The van der Waals surface area contributed by atoms with Crippen molar-refractivity contribution in [3.8, 4) is 0 Å². The van der Waals surface area contributed by atoms with Crippen molar-refractivity contribution in [3.05, 3.63) is 64.2 Å². The van der Waals surface area contributed by atoms with E-state index in [1.165, 1.54) is 12.7 Å². The van der Waals surface area contributed by atoms with Gasteiger partial charge in [-0.1, -0.05) is 56.6 Å². The van der Waals surface area contributed by atoms with Crippen molar-refractivity contribution in [3.63, 3.8) is 0 Å². The Kier molecular flexibility index (Phi) is 6.84. The van der Waals surface area contributed by atoms with Crippen molar-refractivity contribution in [2.45, 2.75) is 39.2 Å². The second-order valence-corrected chi connectivity index (χ2v) is 8.19. The Morgan fingerprint density at radius 1 is 1.15 bits per heavy atom. The van der Waals surface area contributed by atoms with Gasteiger partial charge < -0.3 is 15.4 Å². The zero-order valence-electron chi connectivity index (χ0n) is 16.2. The summed E-state index contributed by atoms with van der Waals surface area (Å²) in [6.07, 6.45) is 0. The van der Waals surface area contributed by atoms with Crippen LogP contribution in [0.15, 0.2) is 42.5 Å². The second-order valence-electron chi connectivity index (χ2n) is 7.38. The van der Waals surface area contributed by atoms with Gasteiger partial charge in [-0.3, -0.25) is 0 Å². The first-order valence-electron chi connectivity index (χ1n) is 8.67. The number of methoxy groups -OCH3 is 1. The highest BCUT2D eigenvalue weighted by atomic mass is 35.5. The van der Waals surface area contributed by atoms with Gasteiger partial charge in [-0.25, -0.2) is 4.79 Å². The van der Waals surface area contributed by atoms with E-state index in [-0.39, 0.29) is 11.5 Å². The van der Waals surface area contributed by atoms with Gasteiger partial charge in [0.25, 0.3) is 0 Å². The maximum atomic E-state index is 11.7. The van der Waals surface area contributed by atoms with E-state index in [1.807, 2.05) is 6.92 Å². The molecule has 144 valence electrons. The number of rotatable bonds is 4. The van der Waals surface area contributed by atoms with Gasteiger partial charge >= 0.3 is 5.97 Å². The van der Waals surface area contributed by atoms with Gasteiger partial charge in [0.05, 0.1) is 29.4 Å². The minimum Gasteiger partial charge on any atom is -0.465 e. The Morgan fingerprint density at radius 3 is 2.33 bits per heavy atom. The van der Waals surface area contributed by atoms with Crippen LogP contribution in [0.4, 0.5) is 5.69 Å². The lowest BCUT2D eigenvalue weighted by molar-refractivity contribution is 0.0601. The van der Waals surface area contributed by atoms with Crippen LogP contribution in [0.2, 0.25) is 5.02 Å². The lowest BCUT2D eigenvalue weighted by Gasteiger charge is -2.21. The topological polar surface area (TPSA) is 50.4 Å². The highest BCUT2D eigenvalue weighted by molar-refractivity contribution is 7.80. The normalized spacial score (nSPS) is 12.2. The first-order valence-corrected chi connectivity index (χ1v) is 9.46. The van der Waals surface area contributed by atoms with Crippen molar-refractivity contribution >= 4 is 40.6 Å². The van der Waals surface area contributed by atoms with Gasteiger partial charge in [0.2, 0.25) is 0 Å². The maximum Gasteiger partial charge on any atom is 0.337 e. The minimum atomic E-state index is -0.430. The third kappa shape index (κ3) is 5.68. The molecule has 0 aliphatic heterocycles. The molecule has 0 saturated carbocycles. The summed E-state index contributed by atoms with van der Waals surface area (Å²) in [5.74, 6) is -0.430. The SMILES string of the molecule is COC(=O)c1ccc(Cl)c(NC(=S)N[C@@H](C)c2ccc(C(C)(C)C)cc2)c1. The molecule has 0 aliphatic rings. The number of carbonyl (C=O) groups excluding carboxylic acids is 1. The van der Waals surface area contributed by atoms with Crippen molar-refractivity contribution in [1.82, 2.24) is 5.32 Å². The summed E-state index contributed by atoms with van der Waals surface area (Å²) in [5, 5.41) is 7.17. The van der Waals surface area contributed by atoms with Crippen LogP contribution < -0.4 is 10.6 Å². The van der Waals surface area contributed by atoms with E-state index in [9.17, 15) is 4.79 Å². The number of ether oxygens (including phenoxy) is 1. The van der Waals surface area contributed by atoms with E-state index in [0.717, 1.165) is 5.56 Å². The number of halogens is 1. The van der Waals surface area contributed by atoms with Gasteiger partial charge in [0.1, 0.15) is 0 Å². The maximum absolute atomic E-state index is 11.7. The van der Waals surface area contributed by atoms with Gasteiger partial charge in [-0.2, -0.15) is 0 Å². The molecule has 4 nitrogen and oxygen atoms in total. The molecular weight excluding hydrogens is 380 g/mol. The van der Waals surface area contributed by atoms with Crippen molar-refractivity contribution in [2.75, 3.05) is 12.4 Å². The van der Waals surface area contributed by atoms with Crippen LogP contribution in [0.1, 0.15) is 55.2 Å². The molecule has 0 aliphatic carbocycles. The molecule has 0 spiro atoms. The fourth-order valence-electron chi connectivity index (χ4n) is 2.58. The molecule has 2 N–H and O–H groups in total. The quantitative estimate of drug-likeness (QED) is 0.522. The summed E-state index contributed by atoms with van der Waals surface area (Å²) in [7, 11) is 1.34. The van der Waals surface area contributed by atoms with Crippen LogP contribution >= 0.6 is 23.8 Å². The van der Waals surface area contributed by atoms with Gasteiger partial charge in [0.15, 0.2) is 5.11 Å². The molecule has 2 rings (SSSR count). The summed E-state index contributed by atoms with van der Waals surface area (Å²) in [6, 6.07) is 13.4. The van der Waals surface area contributed by atoms with Gasteiger partial charge in [-0.15, -0.1) is 0 Å². The zero-order chi connectivity index (χ0) is 20.2. The van der Waals surface area contributed by atoms with Crippen LogP contribution in [-0.4, -0.2) is 18.2 Å². The molecule has 0 aromatic heterocycles. The number of hydrogen-bond acceptors (Lipinski definition) is 3. The van der Waals surface area contributed by atoms with Crippen LogP contribution in [0, 0.1) is 0 Å². The van der Waals surface area contributed by atoms with Crippen LogP contribution in [0.5, 0.6) is 0 Å². The van der Waals surface area contributed by atoms with Crippen LogP contribution in [0.25, 0.3) is 0 Å². The highest BCUT2D eigenvalue weighted by Crippen LogP contribution is 2.25. The Bertz CT molecular complexity index is 829. The number of hydrogen-bond donors (Lipinski definition) is 2. The molecule has 6 heteroatoms. The molecule has 27 heavy (non-hydrogen) atoms. The molecule has 0 bridgehead atoms. The largest absolute Gasteiger partial charge is 0.465 e. The molecule has 0 unspecified atom stereocenters. The Labute approximate surface area is 171 Å². The summed E-state index contributed by atoms with van der Waals surface area (Å²) in [6.45, 7) is 8.60. The zero-order valence-corrected chi connectivity index (χ0v) is 17.8. The van der Waals surface area contributed by atoms with Crippen molar-refractivity contribution < 1.29 is 9.53 Å². The first kappa shape index (κ1) is 21.2. The van der Waals surface area contributed by atoms with E-state index in [4.69, 9.17) is 28.6 Å². The van der Waals surface area contributed by atoms with E-state index >= 15 is 0 Å². The smallest absolute Gasteiger partial charge is 0.337 e. The summed E-state index contributed by atoms with van der Waals surface area (Å²) >= 11 is 11.6. The molecule has 0 saturated heterocycles. The van der Waals surface area contributed by atoms with Crippen molar-refractivity contribution in [1.29, 1.82) is 0 Å². The highest BCUT2D eigenvalue weighted by Gasteiger charge is 2.15. The number of carbonyl (C=O) groups is 1. The number of anilines is 1. The van der Waals surface area contributed by atoms with E-state index < -0.39 is 5.97 Å². The number of esters is 1.